The van der Waals surface area contributed by atoms with Crippen molar-refractivity contribution >= 4 is 5.91 Å². The maximum atomic E-state index is 11.8. The molecule has 1 unspecified atom stereocenters. The van der Waals surface area contributed by atoms with Gasteiger partial charge in [0.15, 0.2) is 0 Å². The highest BCUT2D eigenvalue weighted by atomic mass is 16.1. The first-order chi connectivity index (χ1) is 8.24. The van der Waals surface area contributed by atoms with Gasteiger partial charge < -0.3 is 5.32 Å². The molecule has 0 radical (unpaired) electrons. The Bertz CT molecular complexity index is 418. The van der Waals surface area contributed by atoms with Crippen molar-refractivity contribution in [3.05, 3.63) is 72.9 Å². The minimum absolute atomic E-state index is 0.00262. The largest absolute Gasteiger partial charge is 0.346 e. The molecule has 0 saturated heterocycles. The Kier molecular flexibility index (Phi) is 5.52. The van der Waals surface area contributed by atoms with Gasteiger partial charge in [-0.2, -0.15) is 0 Å². The van der Waals surface area contributed by atoms with Crippen LogP contribution in [-0.4, -0.2) is 11.9 Å². The fourth-order valence-corrected chi connectivity index (χ4v) is 1.30. The third kappa shape index (κ3) is 4.98. The van der Waals surface area contributed by atoms with Crippen molar-refractivity contribution in [3.63, 3.8) is 0 Å². The molecule has 2 nitrogen and oxygen atoms in total. The average molecular weight is 227 g/mol. The van der Waals surface area contributed by atoms with Crippen LogP contribution in [0.15, 0.2) is 67.3 Å². The molecule has 0 spiro atoms. The molecule has 0 bridgehead atoms. The second-order valence-corrected chi connectivity index (χ2v) is 3.63. The topological polar surface area (TPSA) is 29.1 Å². The Labute approximate surface area is 102 Å². The lowest BCUT2D eigenvalue weighted by atomic mass is 10.2. The highest BCUT2D eigenvalue weighted by molar-refractivity contribution is 5.94. The van der Waals surface area contributed by atoms with Gasteiger partial charge in [-0.3, -0.25) is 4.79 Å². The molecule has 0 fully saturated rings. The lowest BCUT2D eigenvalue weighted by Crippen LogP contribution is -2.30. The van der Waals surface area contributed by atoms with Gasteiger partial charge in [0, 0.05) is 11.6 Å². The van der Waals surface area contributed by atoms with Crippen LogP contribution in [0.4, 0.5) is 0 Å². The number of allylic oxidation sites excluding steroid dienone is 4. The fourth-order valence-electron chi connectivity index (χ4n) is 1.30. The van der Waals surface area contributed by atoms with E-state index < -0.39 is 0 Å². The van der Waals surface area contributed by atoms with Crippen molar-refractivity contribution < 1.29 is 4.79 Å². The third-order valence-electron chi connectivity index (χ3n) is 2.15. The van der Waals surface area contributed by atoms with Crippen LogP contribution in [0.3, 0.4) is 0 Å². The van der Waals surface area contributed by atoms with Crippen molar-refractivity contribution in [2.24, 2.45) is 0 Å². The first-order valence-corrected chi connectivity index (χ1v) is 5.56. The molecule has 1 amide bonds. The number of amides is 1. The number of hydrogen-bond donors (Lipinski definition) is 1. The van der Waals surface area contributed by atoms with E-state index in [0.717, 1.165) is 0 Å². The first-order valence-electron chi connectivity index (χ1n) is 5.56. The molecule has 1 aromatic rings. The SMILES string of the molecule is C=C/C=C\C=C/C(C)NC(=O)c1ccccc1. The molecule has 17 heavy (non-hydrogen) atoms. The van der Waals surface area contributed by atoms with Crippen LogP contribution < -0.4 is 5.32 Å². The van der Waals surface area contributed by atoms with Crippen molar-refractivity contribution in [1.82, 2.24) is 5.32 Å². The van der Waals surface area contributed by atoms with E-state index in [0.29, 0.717) is 5.56 Å². The normalized spacial score (nSPS) is 12.8. The fraction of sp³-hybridized carbons (Fsp3) is 0.133. The molecule has 0 aromatic heterocycles. The smallest absolute Gasteiger partial charge is 0.251 e. The van der Waals surface area contributed by atoms with Gasteiger partial charge in [0.2, 0.25) is 0 Å². The quantitative estimate of drug-likeness (QED) is 0.769. The second kappa shape index (κ2) is 7.23. The number of carbonyl (C=O) groups excluding carboxylic acids is 1. The Morgan fingerprint density at radius 2 is 1.94 bits per heavy atom. The maximum absolute atomic E-state index is 11.8. The van der Waals surface area contributed by atoms with E-state index in [1.54, 1.807) is 18.2 Å². The summed E-state index contributed by atoms with van der Waals surface area (Å²) >= 11 is 0. The maximum Gasteiger partial charge on any atom is 0.251 e. The molecule has 1 atom stereocenters. The molecule has 0 aliphatic heterocycles. The predicted octanol–water partition coefficient (Wildman–Crippen LogP) is 3.10. The molecule has 2 heteroatoms. The average Bonchev–Trinajstić information content (AvgIpc) is 2.36. The van der Waals surface area contributed by atoms with Crippen LogP contribution in [0, 0.1) is 0 Å². The summed E-state index contributed by atoms with van der Waals surface area (Å²) in [5, 5.41) is 2.89. The van der Waals surface area contributed by atoms with Gasteiger partial charge in [0.05, 0.1) is 0 Å². The van der Waals surface area contributed by atoms with Crippen LogP contribution in [-0.2, 0) is 0 Å². The number of benzene rings is 1. The van der Waals surface area contributed by atoms with Gasteiger partial charge in [-0.25, -0.2) is 0 Å². The van der Waals surface area contributed by atoms with E-state index in [1.165, 1.54) is 0 Å². The Balaban J connectivity index is 2.49. The summed E-state index contributed by atoms with van der Waals surface area (Å²) < 4.78 is 0. The molecule has 0 aliphatic carbocycles. The molecule has 1 aromatic carbocycles. The van der Waals surface area contributed by atoms with Gasteiger partial charge in [0.1, 0.15) is 0 Å². The third-order valence-corrected chi connectivity index (χ3v) is 2.15. The van der Waals surface area contributed by atoms with Crippen LogP contribution in [0.5, 0.6) is 0 Å². The second-order valence-electron chi connectivity index (χ2n) is 3.63. The molecular weight excluding hydrogens is 210 g/mol. The summed E-state index contributed by atoms with van der Waals surface area (Å²) in [5.74, 6) is -0.0598. The van der Waals surface area contributed by atoms with Crippen molar-refractivity contribution in [2.45, 2.75) is 13.0 Å². The summed E-state index contributed by atoms with van der Waals surface area (Å²) in [6.45, 7) is 5.50. The predicted molar refractivity (Wildman–Crippen MR) is 71.8 cm³/mol. The van der Waals surface area contributed by atoms with Gasteiger partial charge in [-0.15, -0.1) is 0 Å². The van der Waals surface area contributed by atoms with E-state index in [9.17, 15) is 4.79 Å². The summed E-state index contributed by atoms with van der Waals surface area (Å²) in [4.78, 5) is 11.8. The van der Waals surface area contributed by atoms with Crippen molar-refractivity contribution in [3.8, 4) is 0 Å². The molecule has 0 heterocycles. The Hall–Kier alpha value is -2.09. The first kappa shape index (κ1) is 13.0. The number of rotatable bonds is 5. The Morgan fingerprint density at radius 1 is 1.24 bits per heavy atom. The Morgan fingerprint density at radius 3 is 2.59 bits per heavy atom. The minimum Gasteiger partial charge on any atom is -0.346 e. The van der Waals surface area contributed by atoms with Gasteiger partial charge >= 0.3 is 0 Å². The molecule has 1 rings (SSSR count). The van der Waals surface area contributed by atoms with Crippen LogP contribution >= 0.6 is 0 Å². The highest BCUT2D eigenvalue weighted by Gasteiger charge is 2.05. The highest BCUT2D eigenvalue weighted by Crippen LogP contribution is 1.99. The summed E-state index contributed by atoms with van der Waals surface area (Å²) in [6.07, 6.45) is 9.22. The van der Waals surface area contributed by atoms with E-state index in [-0.39, 0.29) is 11.9 Å². The zero-order valence-corrected chi connectivity index (χ0v) is 9.97. The van der Waals surface area contributed by atoms with Crippen LogP contribution in [0.25, 0.3) is 0 Å². The standard InChI is InChI=1S/C15H17NO/c1-3-4-5-7-10-13(2)16-15(17)14-11-8-6-9-12-14/h3-13H,1H2,2H3,(H,16,17)/b5-4-,10-7-. The molecule has 1 N–H and O–H groups in total. The zero-order chi connectivity index (χ0) is 12.5. The summed E-state index contributed by atoms with van der Waals surface area (Å²) in [7, 11) is 0. The van der Waals surface area contributed by atoms with E-state index in [4.69, 9.17) is 0 Å². The number of nitrogens with one attached hydrogen (secondary N) is 1. The van der Waals surface area contributed by atoms with Gasteiger partial charge in [0.25, 0.3) is 5.91 Å². The minimum atomic E-state index is -0.0598. The van der Waals surface area contributed by atoms with Crippen LogP contribution in [0.2, 0.25) is 0 Å². The van der Waals surface area contributed by atoms with Gasteiger partial charge in [-0.1, -0.05) is 55.2 Å². The van der Waals surface area contributed by atoms with E-state index in [2.05, 4.69) is 11.9 Å². The molecular formula is C15H17NO. The van der Waals surface area contributed by atoms with Crippen molar-refractivity contribution in [1.29, 1.82) is 0 Å². The molecule has 0 aliphatic rings. The zero-order valence-electron chi connectivity index (χ0n) is 9.97. The molecule has 88 valence electrons. The van der Waals surface area contributed by atoms with E-state index in [1.807, 2.05) is 49.4 Å². The number of carbonyl (C=O) groups is 1. The van der Waals surface area contributed by atoms with Crippen molar-refractivity contribution in [2.75, 3.05) is 0 Å². The van der Waals surface area contributed by atoms with Crippen LogP contribution in [0.1, 0.15) is 17.3 Å². The lowest BCUT2D eigenvalue weighted by molar-refractivity contribution is 0.0947. The number of hydrogen-bond acceptors (Lipinski definition) is 1. The summed E-state index contributed by atoms with van der Waals surface area (Å²) in [5.41, 5.74) is 0.675. The lowest BCUT2D eigenvalue weighted by Gasteiger charge is -2.09. The monoisotopic (exact) mass is 227 g/mol. The molecule has 0 saturated carbocycles. The van der Waals surface area contributed by atoms with E-state index >= 15 is 0 Å². The van der Waals surface area contributed by atoms with Gasteiger partial charge in [-0.05, 0) is 19.1 Å². The summed E-state index contributed by atoms with van der Waals surface area (Å²) in [6, 6.07) is 9.18.